The molecule has 0 bridgehead atoms. The number of hydrogen-bond acceptors (Lipinski definition) is 5. The SMILES string of the molecule is COCCNc1nc(-c2cccn(C(C)C)c2=O)cs1. The monoisotopic (exact) mass is 293 g/mol. The Hall–Kier alpha value is -1.66. The summed E-state index contributed by atoms with van der Waals surface area (Å²) < 4.78 is 6.69. The summed E-state index contributed by atoms with van der Waals surface area (Å²) in [6, 6.07) is 3.84. The first kappa shape index (κ1) is 14.7. The van der Waals surface area contributed by atoms with Crippen molar-refractivity contribution in [3.63, 3.8) is 0 Å². The zero-order chi connectivity index (χ0) is 14.5. The Morgan fingerprint density at radius 1 is 1.50 bits per heavy atom. The number of pyridine rings is 1. The molecular formula is C14H19N3O2S. The zero-order valence-electron chi connectivity index (χ0n) is 11.9. The molecule has 1 N–H and O–H groups in total. The highest BCUT2D eigenvalue weighted by molar-refractivity contribution is 7.14. The van der Waals surface area contributed by atoms with Gasteiger partial charge in [0.15, 0.2) is 5.13 Å². The fraction of sp³-hybridized carbons (Fsp3) is 0.429. The fourth-order valence-corrected chi connectivity index (χ4v) is 2.59. The highest BCUT2D eigenvalue weighted by Gasteiger charge is 2.11. The van der Waals surface area contributed by atoms with Crippen molar-refractivity contribution >= 4 is 16.5 Å². The van der Waals surface area contributed by atoms with Gasteiger partial charge in [-0.3, -0.25) is 4.79 Å². The Kier molecular flexibility index (Phi) is 4.92. The summed E-state index contributed by atoms with van der Waals surface area (Å²) in [6.45, 7) is 5.31. The number of nitrogens with zero attached hydrogens (tertiary/aromatic N) is 2. The molecule has 6 heteroatoms. The number of aromatic nitrogens is 2. The van der Waals surface area contributed by atoms with Gasteiger partial charge in [0.1, 0.15) is 0 Å². The van der Waals surface area contributed by atoms with Crippen LogP contribution in [-0.2, 0) is 4.74 Å². The molecule has 0 aromatic carbocycles. The third kappa shape index (κ3) is 3.26. The van der Waals surface area contributed by atoms with Crippen LogP contribution in [0.1, 0.15) is 19.9 Å². The highest BCUT2D eigenvalue weighted by atomic mass is 32.1. The van der Waals surface area contributed by atoms with Crippen LogP contribution in [0.5, 0.6) is 0 Å². The van der Waals surface area contributed by atoms with Crippen LogP contribution in [0, 0.1) is 0 Å². The van der Waals surface area contributed by atoms with Crippen LogP contribution in [0.3, 0.4) is 0 Å². The van der Waals surface area contributed by atoms with Gasteiger partial charge in [-0.15, -0.1) is 11.3 Å². The second-order valence-corrected chi connectivity index (χ2v) is 5.54. The molecule has 0 aliphatic heterocycles. The van der Waals surface area contributed by atoms with Crippen molar-refractivity contribution in [2.75, 3.05) is 25.6 Å². The van der Waals surface area contributed by atoms with Gasteiger partial charge in [0, 0.05) is 31.3 Å². The zero-order valence-corrected chi connectivity index (χ0v) is 12.7. The van der Waals surface area contributed by atoms with Crippen LogP contribution < -0.4 is 10.9 Å². The molecule has 0 unspecified atom stereocenters. The molecule has 0 aliphatic carbocycles. The van der Waals surface area contributed by atoms with Crippen LogP contribution in [0.15, 0.2) is 28.5 Å². The van der Waals surface area contributed by atoms with E-state index >= 15 is 0 Å². The maximum Gasteiger partial charge on any atom is 0.260 e. The van der Waals surface area contributed by atoms with Gasteiger partial charge < -0.3 is 14.6 Å². The molecule has 0 atom stereocenters. The van der Waals surface area contributed by atoms with Crippen LogP contribution in [-0.4, -0.2) is 29.8 Å². The minimum absolute atomic E-state index is 0.00348. The maximum absolute atomic E-state index is 12.4. The largest absolute Gasteiger partial charge is 0.383 e. The molecule has 5 nitrogen and oxygen atoms in total. The number of methoxy groups -OCH3 is 1. The number of hydrogen-bond donors (Lipinski definition) is 1. The van der Waals surface area contributed by atoms with E-state index in [1.807, 2.05) is 31.4 Å². The van der Waals surface area contributed by atoms with Gasteiger partial charge in [0.25, 0.3) is 5.56 Å². The lowest BCUT2D eigenvalue weighted by Crippen LogP contribution is -2.22. The van der Waals surface area contributed by atoms with Crippen LogP contribution in [0.2, 0.25) is 0 Å². The van der Waals surface area contributed by atoms with Crippen LogP contribution in [0.4, 0.5) is 5.13 Å². The molecule has 0 amide bonds. The van der Waals surface area contributed by atoms with E-state index in [0.717, 1.165) is 10.8 Å². The van der Waals surface area contributed by atoms with Gasteiger partial charge in [0.05, 0.1) is 17.9 Å². The van der Waals surface area contributed by atoms with Crippen molar-refractivity contribution < 1.29 is 4.74 Å². The lowest BCUT2D eigenvalue weighted by Gasteiger charge is -2.10. The molecule has 0 radical (unpaired) electrons. The smallest absolute Gasteiger partial charge is 0.260 e. The van der Waals surface area contributed by atoms with E-state index in [9.17, 15) is 4.79 Å². The standard InChI is InChI=1S/C14H19N3O2S/c1-10(2)17-7-4-5-11(13(17)18)12-9-20-14(16-12)15-6-8-19-3/h4-5,7,9-10H,6,8H2,1-3H3,(H,15,16). The van der Waals surface area contributed by atoms with Gasteiger partial charge in [-0.2, -0.15) is 0 Å². The first-order valence-corrected chi connectivity index (χ1v) is 7.41. The minimum atomic E-state index is -0.00348. The Morgan fingerprint density at radius 3 is 3.00 bits per heavy atom. The van der Waals surface area contributed by atoms with Crippen molar-refractivity contribution in [1.29, 1.82) is 0 Å². The topological polar surface area (TPSA) is 56.1 Å². The molecule has 0 aliphatic rings. The molecule has 2 aromatic heterocycles. The third-order valence-corrected chi connectivity index (χ3v) is 3.69. The van der Waals surface area contributed by atoms with E-state index in [0.29, 0.717) is 18.7 Å². The molecule has 0 saturated heterocycles. The first-order chi connectivity index (χ1) is 9.63. The van der Waals surface area contributed by atoms with Crippen molar-refractivity contribution in [2.45, 2.75) is 19.9 Å². The van der Waals surface area contributed by atoms with Crippen LogP contribution in [0.25, 0.3) is 11.3 Å². The lowest BCUT2D eigenvalue weighted by molar-refractivity contribution is 0.211. The van der Waals surface area contributed by atoms with Crippen molar-refractivity contribution in [1.82, 2.24) is 9.55 Å². The lowest BCUT2D eigenvalue weighted by atomic mass is 10.2. The number of ether oxygens (including phenoxy) is 1. The van der Waals surface area contributed by atoms with Crippen molar-refractivity contribution in [2.24, 2.45) is 0 Å². The van der Waals surface area contributed by atoms with E-state index in [4.69, 9.17) is 4.74 Å². The van der Waals surface area contributed by atoms with E-state index in [1.54, 1.807) is 17.9 Å². The number of anilines is 1. The summed E-state index contributed by atoms with van der Waals surface area (Å²) in [5.41, 5.74) is 1.35. The predicted octanol–water partition coefficient (Wildman–Crippen LogP) is 2.61. The molecule has 108 valence electrons. The fourth-order valence-electron chi connectivity index (χ4n) is 1.85. The number of thiazole rings is 1. The van der Waals surface area contributed by atoms with E-state index in [-0.39, 0.29) is 11.6 Å². The first-order valence-electron chi connectivity index (χ1n) is 6.53. The normalized spacial score (nSPS) is 11.0. The Labute approximate surface area is 122 Å². The van der Waals surface area contributed by atoms with Crippen LogP contribution >= 0.6 is 11.3 Å². The van der Waals surface area contributed by atoms with Gasteiger partial charge in [-0.1, -0.05) is 0 Å². The van der Waals surface area contributed by atoms with Gasteiger partial charge in [0.2, 0.25) is 0 Å². The molecule has 0 fully saturated rings. The Morgan fingerprint density at radius 2 is 2.30 bits per heavy atom. The van der Waals surface area contributed by atoms with E-state index in [1.165, 1.54) is 11.3 Å². The average molecular weight is 293 g/mol. The average Bonchev–Trinajstić information content (AvgIpc) is 2.87. The molecule has 2 aromatic rings. The third-order valence-electron chi connectivity index (χ3n) is 2.89. The van der Waals surface area contributed by atoms with Gasteiger partial charge >= 0.3 is 0 Å². The molecular weight excluding hydrogens is 274 g/mol. The van der Waals surface area contributed by atoms with Gasteiger partial charge in [-0.05, 0) is 26.0 Å². The Bertz CT molecular complexity index is 619. The van der Waals surface area contributed by atoms with E-state index in [2.05, 4.69) is 10.3 Å². The van der Waals surface area contributed by atoms with Crippen molar-refractivity contribution in [3.8, 4) is 11.3 Å². The number of nitrogens with one attached hydrogen (secondary N) is 1. The second kappa shape index (κ2) is 6.67. The summed E-state index contributed by atoms with van der Waals surface area (Å²) in [6.07, 6.45) is 1.81. The molecule has 20 heavy (non-hydrogen) atoms. The number of rotatable bonds is 6. The second-order valence-electron chi connectivity index (χ2n) is 4.69. The predicted molar refractivity (Wildman–Crippen MR) is 82.6 cm³/mol. The Balaban J connectivity index is 2.24. The summed E-state index contributed by atoms with van der Waals surface area (Å²) in [5.74, 6) is 0. The van der Waals surface area contributed by atoms with E-state index < -0.39 is 0 Å². The quantitative estimate of drug-likeness (QED) is 0.832. The summed E-state index contributed by atoms with van der Waals surface area (Å²) in [7, 11) is 1.66. The summed E-state index contributed by atoms with van der Waals surface area (Å²) in [5, 5.41) is 5.87. The molecule has 0 spiro atoms. The maximum atomic E-state index is 12.4. The van der Waals surface area contributed by atoms with Gasteiger partial charge in [-0.25, -0.2) is 4.98 Å². The summed E-state index contributed by atoms with van der Waals surface area (Å²) >= 11 is 1.49. The van der Waals surface area contributed by atoms with Crippen molar-refractivity contribution in [3.05, 3.63) is 34.1 Å². The molecule has 2 rings (SSSR count). The molecule has 0 saturated carbocycles. The highest BCUT2D eigenvalue weighted by Crippen LogP contribution is 2.22. The molecule has 2 heterocycles. The summed E-state index contributed by atoms with van der Waals surface area (Å²) in [4.78, 5) is 16.8. The minimum Gasteiger partial charge on any atom is -0.383 e.